The van der Waals surface area contributed by atoms with Gasteiger partial charge < -0.3 is 16.0 Å². The van der Waals surface area contributed by atoms with E-state index in [1.54, 1.807) is 6.08 Å². The smallest absolute Gasteiger partial charge is 0.189 e. The maximum atomic E-state index is 5.68. The van der Waals surface area contributed by atoms with E-state index in [0.29, 0.717) is 19.0 Å². The van der Waals surface area contributed by atoms with Gasteiger partial charge in [-0.05, 0) is 17.5 Å². The molecule has 0 aliphatic carbocycles. The van der Waals surface area contributed by atoms with E-state index in [0.717, 1.165) is 11.2 Å². The summed E-state index contributed by atoms with van der Waals surface area (Å²) in [5, 5.41) is 4.12. The molecule has 2 aromatic rings. The summed E-state index contributed by atoms with van der Waals surface area (Å²) in [5.41, 5.74) is 7.85. The number of aromatic amines is 1. The van der Waals surface area contributed by atoms with Crippen LogP contribution in [-0.4, -0.2) is 17.5 Å². The molecule has 4 N–H and O–H groups in total. The SMILES string of the molecule is C=CCNC(N)=NCc1cc2ccccc2[nH]1.I. The van der Waals surface area contributed by atoms with Gasteiger partial charge in [-0.2, -0.15) is 0 Å². The molecule has 0 unspecified atom stereocenters. The lowest BCUT2D eigenvalue weighted by Crippen LogP contribution is -2.31. The average molecular weight is 356 g/mol. The topological polar surface area (TPSA) is 66.2 Å². The number of aromatic nitrogens is 1. The van der Waals surface area contributed by atoms with Crippen molar-refractivity contribution >= 4 is 40.8 Å². The third kappa shape index (κ3) is 3.76. The molecule has 0 saturated heterocycles. The summed E-state index contributed by atoms with van der Waals surface area (Å²) in [6.45, 7) is 4.77. The molecule has 0 aliphatic heterocycles. The van der Waals surface area contributed by atoms with Crippen molar-refractivity contribution in [3.8, 4) is 0 Å². The first kappa shape index (κ1) is 14.6. The van der Waals surface area contributed by atoms with Gasteiger partial charge in [0.15, 0.2) is 5.96 Å². The van der Waals surface area contributed by atoms with Crippen LogP contribution in [0.25, 0.3) is 10.9 Å². The maximum absolute atomic E-state index is 5.68. The second-order valence-electron chi connectivity index (χ2n) is 3.75. The molecule has 4 nitrogen and oxygen atoms in total. The van der Waals surface area contributed by atoms with Gasteiger partial charge in [0.25, 0.3) is 0 Å². The number of nitrogens with zero attached hydrogens (tertiary/aromatic N) is 1. The number of H-pyrrole nitrogens is 1. The van der Waals surface area contributed by atoms with Crippen LogP contribution >= 0.6 is 24.0 Å². The van der Waals surface area contributed by atoms with Crippen LogP contribution in [0, 0.1) is 0 Å². The number of hydrogen-bond donors (Lipinski definition) is 3. The minimum Gasteiger partial charge on any atom is -0.370 e. The predicted octanol–water partition coefficient (Wildman–Crippen LogP) is 2.38. The number of para-hydroxylation sites is 1. The summed E-state index contributed by atoms with van der Waals surface area (Å²) in [5.74, 6) is 0.434. The van der Waals surface area contributed by atoms with Crippen molar-refractivity contribution in [2.75, 3.05) is 6.54 Å². The van der Waals surface area contributed by atoms with Crippen LogP contribution in [0.3, 0.4) is 0 Å². The standard InChI is InChI=1S/C13H16N4.HI/c1-2-7-15-13(14)16-9-11-8-10-5-3-4-6-12(10)17-11;/h2-6,8,17H,1,7,9H2,(H3,14,15,16);1H. The Morgan fingerprint density at radius 2 is 2.22 bits per heavy atom. The van der Waals surface area contributed by atoms with Crippen LogP contribution in [0.15, 0.2) is 48.0 Å². The minimum absolute atomic E-state index is 0. The van der Waals surface area contributed by atoms with Gasteiger partial charge in [0.1, 0.15) is 0 Å². The Labute approximate surface area is 123 Å². The van der Waals surface area contributed by atoms with Crippen LogP contribution in [0.1, 0.15) is 5.69 Å². The molecule has 18 heavy (non-hydrogen) atoms. The van der Waals surface area contributed by atoms with E-state index in [1.165, 1.54) is 5.39 Å². The second-order valence-corrected chi connectivity index (χ2v) is 3.75. The van der Waals surface area contributed by atoms with Gasteiger partial charge in [0, 0.05) is 17.8 Å². The van der Waals surface area contributed by atoms with Gasteiger partial charge in [0.2, 0.25) is 0 Å². The molecular weight excluding hydrogens is 339 g/mol. The first-order valence-electron chi connectivity index (χ1n) is 5.51. The maximum Gasteiger partial charge on any atom is 0.189 e. The average Bonchev–Trinajstić information content (AvgIpc) is 2.76. The Morgan fingerprint density at radius 1 is 1.44 bits per heavy atom. The van der Waals surface area contributed by atoms with Crippen molar-refractivity contribution in [1.29, 1.82) is 0 Å². The summed E-state index contributed by atoms with van der Waals surface area (Å²) in [6, 6.07) is 10.2. The Morgan fingerprint density at radius 3 is 2.94 bits per heavy atom. The summed E-state index contributed by atoms with van der Waals surface area (Å²) in [4.78, 5) is 7.53. The van der Waals surface area contributed by atoms with Gasteiger partial charge >= 0.3 is 0 Å². The van der Waals surface area contributed by atoms with Crippen molar-refractivity contribution in [2.24, 2.45) is 10.7 Å². The number of nitrogens with two attached hydrogens (primary N) is 1. The second kappa shape index (κ2) is 7.05. The molecule has 0 atom stereocenters. The molecule has 1 aromatic heterocycles. The molecule has 0 radical (unpaired) electrons. The van der Waals surface area contributed by atoms with Gasteiger partial charge in [-0.3, -0.25) is 0 Å². The van der Waals surface area contributed by atoms with E-state index >= 15 is 0 Å². The van der Waals surface area contributed by atoms with E-state index in [2.05, 4.69) is 34.0 Å². The Kier molecular flexibility index (Phi) is 5.70. The Bertz CT molecular complexity index is 512. The number of hydrogen-bond acceptors (Lipinski definition) is 1. The summed E-state index contributed by atoms with van der Waals surface area (Å²) >= 11 is 0. The van der Waals surface area contributed by atoms with Crippen molar-refractivity contribution in [1.82, 2.24) is 10.3 Å². The zero-order valence-electron chi connectivity index (χ0n) is 10.0. The lowest BCUT2D eigenvalue weighted by Gasteiger charge is -2.00. The summed E-state index contributed by atoms with van der Waals surface area (Å²) < 4.78 is 0. The van der Waals surface area contributed by atoms with Crippen LogP contribution in [-0.2, 0) is 6.54 Å². The molecule has 2 rings (SSSR count). The predicted molar refractivity (Wildman–Crippen MR) is 87.2 cm³/mol. The Balaban J connectivity index is 0.00000162. The first-order valence-corrected chi connectivity index (χ1v) is 5.51. The monoisotopic (exact) mass is 356 g/mol. The van der Waals surface area contributed by atoms with Crippen molar-refractivity contribution in [2.45, 2.75) is 6.54 Å². The lowest BCUT2D eigenvalue weighted by molar-refractivity contribution is 0.953. The number of halogens is 1. The lowest BCUT2D eigenvalue weighted by atomic mass is 10.2. The van der Waals surface area contributed by atoms with Gasteiger partial charge in [-0.25, -0.2) is 4.99 Å². The molecule has 1 heterocycles. The Hall–Kier alpha value is -1.50. The molecule has 0 bridgehead atoms. The third-order valence-electron chi connectivity index (χ3n) is 2.43. The van der Waals surface area contributed by atoms with Crippen molar-refractivity contribution < 1.29 is 0 Å². The highest BCUT2D eigenvalue weighted by Gasteiger charge is 1.98. The van der Waals surface area contributed by atoms with E-state index in [1.807, 2.05) is 18.2 Å². The number of aliphatic imine (C=N–C) groups is 1. The fourth-order valence-electron chi connectivity index (χ4n) is 1.62. The molecule has 0 aliphatic rings. The van der Waals surface area contributed by atoms with Gasteiger partial charge in [0.05, 0.1) is 6.54 Å². The van der Waals surface area contributed by atoms with Crippen molar-refractivity contribution in [3.05, 3.63) is 48.7 Å². The summed E-state index contributed by atoms with van der Waals surface area (Å²) in [6.07, 6.45) is 1.74. The van der Waals surface area contributed by atoms with Crippen LogP contribution in [0.4, 0.5) is 0 Å². The third-order valence-corrected chi connectivity index (χ3v) is 2.43. The number of nitrogens with one attached hydrogen (secondary N) is 2. The normalized spacial score (nSPS) is 11.0. The highest BCUT2D eigenvalue weighted by Crippen LogP contribution is 2.14. The molecule has 1 aromatic carbocycles. The van der Waals surface area contributed by atoms with Gasteiger partial charge in [-0.1, -0.05) is 24.3 Å². The van der Waals surface area contributed by atoms with Crippen molar-refractivity contribution in [3.63, 3.8) is 0 Å². The molecule has 96 valence electrons. The fraction of sp³-hybridized carbons (Fsp3) is 0.154. The van der Waals surface area contributed by atoms with E-state index in [-0.39, 0.29) is 24.0 Å². The number of benzene rings is 1. The molecule has 0 spiro atoms. The molecule has 0 saturated carbocycles. The molecular formula is C13H17IN4. The zero-order chi connectivity index (χ0) is 12.1. The van der Waals surface area contributed by atoms with Crippen LogP contribution in [0.5, 0.6) is 0 Å². The molecule has 5 heteroatoms. The first-order chi connectivity index (χ1) is 8.29. The molecule has 0 fully saturated rings. The fourth-order valence-corrected chi connectivity index (χ4v) is 1.62. The summed E-state index contributed by atoms with van der Waals surface area (Å²) in [7, 11) is 0. The van der Waals surface area contributed by atoms with Crippen LogP contribution < -0.4 is 11.1 Å². The number of guanidine groups is 1. The van der Waals surface area contributed by atoms with Gasteiger partial charge in [-0.15, -0.1) is 30.6 Å². The minimum atomic E-state index is 0. The number of fused-ring (bicyclic) bond motifs is 1. The highest BCUT2D eigenvalue weighted by molar-refractivity contribution is 14.0. The van der Waals surface area contributed by atoms with E-state index in [9.17, 15) is 0 Å². The molecule has 0 amide bonds. The van der Waals surface area contributed by atoms with E-state index in [4.69, 9.17) is 5.73 Å². The highest BCUT2D eigenvalue weighted by atomic mass is 127. The zero-order valence-corrected chi connectivity index (χ0v) is 12.3. The quantitative estimate of drug-likeness (QED) is 0.341. The van der Waals surface area contributed by atoms with E-state index < -0.39 is 0 Å². The largest absolute Gasteiger partial charge is 0.370 e. The number of rotatable bonds is 4. The van der Waals surface area contributed by atoms with Crippen LogP contribution in [0.2, 0.25) is 0 Å².